The number of aliphatic imine (C=N–C) groups is 1. The van der Waals surface area contributed by atoms with Crippen LogP contribution in [-0.2, 0) is 0 Å². The number of ether oxygens (including phenoxy) is 1. The van der Waals surface area contributed by atoms with Gasteiger partial charge in [-0.05, 0) is 56.5 Å². The number of halogens is 1. The quantitative estimate of drug-likeness (QED) is 0.361. The number of guanidine groups is 1. The lowest BCUT2D eigenvalue weighted by Gasteiger charge is -2.20. The zero-order chi connectivity index (χ0) is 18.2. The van der Waals surface area contributed by atoms with E-state index in [9.17, 15) is 0 Å². The molecule has 1 fully saturated rings. The molecular formula is C20H35IN4O. The maximum Gasteiger partial charge on any atom is 0.191 e. The third-order valence-electron chi connectivity index (χ3n) is 4.59. The van der Waals surface area contributed by atoms with Crippen LogP contribution in [0.3, 0.4) is 0 Å². The van der Waals surface area contributed by atoms with Crippen LogP contribution < -0.4 is 15.4 Å². The van der Waals surface area contributed by atoms with E-state index in [-0.39, 0.29) is 30.0 Å². The Balaban J connectivity index is 0.00000338. The lowest BCUT2D eigenvalue weighted by atomic mass is 10.1. The summed E-state index contributed by atoms with van der Waals surface area (Å²) in [4.78, 5) is 6.74. The first kappa shape index (κ1) is 23.0. The van der Waals surface area contributed by atoms with Crippen LogP contribution >= 0.6 is 24.0 Å². The highest BCUT2D eigenvalue weighted by Crippen LogP contribution is 2.18. The summed E-state index contributed by atoms with van der Waals surface area (Å²) in [5.41, 5.74) is 1.22. The first-order valence-electron chi connectivity index (χ1n) is 9.36. The molecule has 0 radical (unpaired) electrons. The van der Waals surface area contributed by atoms with Crippen LogP contribution in [-0.4, -0.2) is 51.2 Å². The molecule has 6 heteroatoms. The van der Waals surface area contributed by atoms with Crippen molar-refractivity contribution in [1.82, 2.24) is 15.5 Å². The van der Waals surface area contributed by atoms with Gasteiger partial charge in [0.25, 0.3) is 0 Å². The molecule has 1 aromatic carbocycles. The summed E-state index contributed by atoms with van der Waals surface area (Å²) in [7, 11) is 4.01. The zero-order valence-electron chi connectivity index (χ0n) is 16.8. The maximum atomic E-state index is 5.75. The van der Waals surface area contributed by atoms with E-state index in [1.165, 1.54) is 18.5 Å². The fraction of sp³-hybridized carbons (Fsp3) is 0.650. The molecule has 26 heavy (non-hydrogen) atoms. The fourth-order valence-corrected chi connectivity index (χ4v) is 3.03. The van der Waals surface area contributed by atoms with E-state index in [4.69, 9.17) is 4.74 Å². The van der Waals surface area contributed by atoms with Crippen molar-refractivity contribution in [2.75, 3.05) is 40.3 Å². The molecule has 2 N–H and O–H groups in total. The maximum absolute atomic E-state index is 5.75. The van der Waals surface area contributed by atoms with E-state index in [0.717, 1.165) is 31.4 Å². The Bertz CT molecular complexity index is 547. The third kappa shape index (κ3) is 7.70. The molecule has 0 spiro atoms. The van der Waals surface area contributed by atoms with E-state index in [1.807, 2.05) is 19.2 Å². The molecule has 0 saturated carbocycles. The van der Waals surface area contributed by atoms with Crippen molar-refractivity contribution >= 4 is 29.9 Å². The number of nitrogens with one attached hydrogen (secondary N) is 2. The monoisotopic (exact) mass is 474 g/mol. The predicted molar refractivity (Wildman–Crippen MR) is 121 cm³/mol. The van der Waals surface area contributed by atoms with E-state index >= 15 is 0 Å². The number of likely N-dealkylation sites (tertiary alicyclic amines) is 1. The van der Waals surface area contributed by atoms with Gasteiger partial charge in [0.1, 0.15) is 5.75 Å². The predicted octanol–water partition coefficient (Wildman–Crippen LogP) is 3.52. The summed E-state index contributed by atoms with van der Waals surface area (Å²) in [5.74, 6) is 3.03. The van der Waals surface area contributed by atoms with Crippen molar-refractivity contribution in [2.45, 2.75) is 33.2 Å². The Hall–Kier alpha value is -1.02. The van der Waals surface area contributed by atoms with Crippen molar-refractivity contribution in [2.24, 2.45) is 16.8 Å². The lowest BCUT2D eigenvalue weighted by molar-refractivity contribution is 0.271. The molecule has 0 amide bonds. The average molecular weight is 474 g/mol. The fourth-order valence-electron chi connectivity index (χ4n) is 3.03. The molecule has 2 rings (SSSR count). The Kier molecular flexibility index (Phi) is 10.3. The number of hydrogen-bond acceptors (Lipinski definition) is 3. The molecular weight excluding hydrogens is 439 g/mol. The van der Waals surface area contributed by atoms with Crippen molar-refractivity contribution in [3.63, 3.8) is 0 Å². The summed E-state index contributed by atoms with van der Waals surface area (Å²) in [6.45, 7) is 10.5. The normalized spacial score (nSPS) is 19.2. The SMILES string of the molecule is CN=C(NCC1CCN(C)C1)NC(C)c1ccc(OCC(C)C)cc1.I. The van der Waals surface area contributed by atoms with Gasteiger partial charge in [0.2, 0.25) is 0 Å². The van der Waals surface area contributed by atoms with Gasteiger partial charge in [0.05, 0.1) is 12.6 Å². The van der Waals surface area contributed by atoms with Crippen molar-refractivity contribution < 1.29 is 4.74 Å². The highest BCUT2D eigenvalue weighted by atomic mass is 127. The van der Waals surface area contributed by atoms with Crippen molar-refractivity contribution in [3.05, 3.63) is 29.8 Å². The number of benzene rings is 1. The molecule has 1 aromatic rings. The summed E-state index contributed by atoms with van der Waals surface area (Å²) < 4.78 is 5.75. The molecule has 1 aliphatic heterocycles. The largest absolute Gasteiger partial charge is 0.493 e. The number of nitrogens with zero attached hydrogens (tertiary/aromatic N) is 2. The number of hydrogen-bond donors (Lipinski definition) is 2. The minimum Gasteiger partial charge on any atom is -0.493 e. The van der Waals surface area contributed by atoms with E-state index < -0.39 is 0 Å². The first-order valence-corrected chi connectivity index (χ1v) is 9.36. The highest BCUT2D eigenvalue weighted by Gasteiger charge is 2.19. The standard InChI is InChI=1S/C20H34N4O.HI/c1-15(2)14-25-19-8-6-18(7-9-19)16(3)23-20(21-4)22-12-17-10-11-24(5)13-17;/h6-9,15-17H,10-14H2,1-5H3,(H2,21,22,23);1H. The minimum absolute atomic E-state index is 0. The molecule has 0 bridgehead atoms. The minimum atomic E-state index is 0. The second-order valence-electron chi connectivity index (χ2n) is 7.51. The van der Waals surface area contributed by atoms with Crippen LogP contribution in [0.4, 0.5) is 0 Å². The second kappa shape index (κ2) is 11.6. The van der Waals surface area contributed by atoms with Crippen molar-refractivity contribution in [1.29, 1.82) is 0 Å². The number of rotatable bonds is 7. The van der Waals surface area contributed by atoms with Crippen LogP contribution in [0.1, 0.15) is 38.8 Å². The molecule has 2 atom stereocenters. The molecule has 148 valence electrons. The van der Waals surface area contributed by atoms with E-state index in [2.05, 4.69) is 60.5 Å². The van der Waals surface area contributed by atoms with Gasteiger partial charge < -0.3 is 20.3 Å². The Labute approximate surface area is 176 Å². The van der Waals surface area contributed by atoms with Gasteiger partial charge in [0.15, 0.2) is 5.96 Å². The zero-order valence-corrected chi connectivity index (χ0v) is 19.1. The van der Waals surface area contributed by atoms with Gasteiger partial charge in [-0.25, -0.2) is 0 Å². The Morgan fingerprint density at radius 2 is 1.96 bits per heavy atom. The summed E-state index contributed by atoms with van der Waals surface area (Å²) >= 11 is 0. The van der Waals surface area contributed by atoms with Gasteiger partial charge >= 0.3 is 0 Å². The Morgan fingerprint density at radius 1 is 1.27 bits per heavy atom. The van der Waals surface area contributed by atoms with Gasteiger partial charge in [-0.1, -0.05) is 26.0 Å². The van der Waals surface area contributed by atoms with Gasteiger partial charge in [-0.15, -0.1) is 24.0 Å². The molecule has 5 nitrogen and oxygen atoms in total. The highest BCUT2D eigenvalue weighted by molar-refractivity contribution is 14.0. The Morgan fingerprint density at radius 3 is 2.50 bits per heavy atom. The van der Waals surface area contributed by atoms with E-state index in [0.29, 0.717) is 11.8 Å². The first-order chi connectivity index (χ1) is 12.0. The molecule has 1 aliphatic rings. The van der Waals surface area contributed by atoms with Crippen LogP contribution in [0.25, 0.3) is 0 Å². The molecule has 1 saturated heterocycles. The van der Waals surface area contributed by atoms with E-state index in [1.54, 1.807) is 0 Å². The smallest absolute Gasteiger partial charge is 0.191 e. The van der Waals surface area contributed by atoms with Gasteiger partial charge in [0, 0.05) is 20.1 Å². The van der Waals surface area contributed by atoms with Crippen molar-refractivity contribution in [3.8, 4) is 5.75 Å². The molecule has 0 aromatic heterocycles. The van der Waals surface area contributed by atoms with Crippen LogP contribution in [0.15, 0.2) is 29.3 Å². The topological polar surface area (TPSA) is 48.9 Å². The van der Waals surface area contributed by atoms with Gasteiger partial charge in [-0.2, -0.15) is 0 Å². The molecule has 2 unspecified atom stereocenters. The summed E-state index contributed by atoms with van der Waals surface area (Å²) in [5, 5.41) is 6.94. The molecule has 1 heterocycles. The third-order valence-corrected chi connectivity index (χ3v) is 4.59. The van der Waals surface area contributed by atoms with Crippen LogP contribution in [0, 0.1) is 11.8 Å². The average Bonchev–Trinajstić information content (AvgIpc) is 3.02. The summed E-state index contributed by atoms with van der Waals surface area (Å²) in [6, 6.07) is 8.51. The molecule has 0 aliphatic carbocycles. The summed E-state index contributed by atoms with van der Waals surface area (Å²) in [6.07, 6.45) is 1.26. The lowest BCUT2D eigenvalue weighted by Crippen LogP contribution is -2.41. The second-order valence-corrected chi connectivity index (χ2v) is 7.51. The van der Waals surface area contributed by atoms with Gasteiger partial charge in [-0.3, -0.25) is 4.99 Å². The van der Waals surface area contributed by atoms with Crippen LogP contribution in [0.2, 0.25) is 0 Å². The van der Waals surface area contributed by atoms with Crippen LogP contribution in [0.5, 0.6) is 5.75 Å².